The number of aldehydes is 1. The summed E-state index contributed by atoms with van der Waals surface area (Å²) in [5.41, 5.74) is 0. The number of thioether (sulfide) groups is 1. The van der Waals surface area contributed by atoms with E-state index in [0.29, 0.717) is 52.3 Å². The van der Waals surface area contributed by atoms with E-state index < -0.39 is 18.0 Å². The van der Waals surface area contributed by atoms with Crippen LogP contribution in [-0.4, -0.2) is 162 Å². The molecule has 0 aromatic heterocycles. The Bertz CT molecular complexity index is 993. The summed E-state index contributed by atoms with van der Waals surface area (Å²) in [5, 5.41) is 28.1. The number of carbonyl (C=O) groups excluding carboxylic acids is 4. The van der Waals surface area contributed by atoms with E-state index in [9.17, 15) is 28.8 Å². The molecule has 20 heteroatoms. The van der Waals surface area contributed by atoms with Gasteiger partial charge in [0.1, 0.15) is 25.5 Å². The summed E-state index contributed by atoms with van der Waals surface area (Å²) in [6, 6.07) is -0.751. The number of hydrogen-bond donors (Lipinski definition) is 6. The maximum absolute atomic E-state index is 11.7. The predicted molar refractivity (Wildman–Crippen MR) is 262 cm³/mol. The van der Waals surface area contributed by atoms with Crippen LogP contribution in [0.15, 0.2) is 0 Å². The van der Waals surface area contributed by atoms with Gasteiger partial charge in [0, 0.05) is 38.9 Å². The molecule has 0 radical (unpaired) electrons. The van der Waals surface area contributed by atoms with Crippen LogP contribution < -0.4 is 21.3 Å². The van der Waals surface area contributed by atoms with E-state index in [0.717, 1.165) is 44.8 Å². The van der Waals surface area contributed by atoms with Crippen LogP contribution in [0, 0.1) is 0 Å². The molecule has 0 aliphatic carbocycles. The van der Waals surface area contributed by atoms with Crippen molar-refractivity contribution in [3.63, 3.8) is 0 Å². The lowest BCUT2D eigenvalue weighted by molar-refractivity contribution is -0.140. The number of aliphatic carboxylic acids is 2. The highest BCUT2D eigenvalue weighted by Gasteiger charge is 2.16. The summed E-state index contributed by atoms with van der Waals surface area (Å²) >= 11 is 1.75. The summed E-state index contributed by atoms with van der Waals surface area (Å²) in [6.07, 6.45) is 25.2. The molecule has 0 aliphatic heterocycles. The Kier molecular flexibility index (Phi) is 76.4. The minimum absolute atomic E-state index is 0. The number of unbranched alkanes of at least 4 members (excludes halogenated alkanes) is 12. The zero-order valence-electron chi connectivity index (χ0n) is 40.2. The molecule has 0 aliphatic rings. The average Bonchev–Trinajstić information content (AvgIpc) is 3.26. The zero-order chi connectivity index (χ0) is 47.7. The molecule has 8 N–H and O–H groups in total. The first kappa shape index (κ1) is 72.4. The fourth-order valence-corrected chi connectivity index (χ4v) is 4.67. The molecule has 378 valence electrons. The Morgan fingerprint density at radius 3 is 1.38 bits per heavy atom. The minimum atomic E-state index is -0.993. The third-order valence-electron chi connectivity index (χ3n) is 7.89. The second-order valence-electron chi connectivity index (χ2n) is 13.2. The number of amides is 3. The van der Waals surface area contributed by atoms with Gasteiger partial charge >= 0.3 is 11.9 Å². The Morgan fingerprint density at radius 2 is 0.984 bits per heavy atom. The van der Waals surface area contributed by atoms with Crippen molar-refractivity contribution in [1.29, 1.82) is 0 Å². The lowest BCUT2D eigenvalue weighted by Crippen LogP contribution is -2.36. The normalized spacial score (nSPS) is 10.3. The SMILES string of the molecule is CC.CCCCCNC(=O)COCCOCCNC(=O)COCCOCCNC(=O)CCC(NC)C(=O)O.CSC.CSSC.O.O=CCCCCCCCCCCCCC(=O)O. The molecule has 1 atom stereocenters. The number of nitrogens with one attached hydrogen (secondary N) is 4. The number of hydrogen-bond acceptors (Lipinski definition) is 14. The first-order chi connectivity index (χ1) is 30.0. The molecule has 63 heavy (non-hydrogen) atoms. The van der Waals surface area contributed by atoms with Crippen LogP contribution in [0.5, 0.6) is 0 Å². The molecule has 3 amide bonds. The van der Waals surface area contributed by atoms with Crippen molar-refractivity contribution in [2.24, 2.45) is 0 Å². The molecule has 0 fully saturated rings. The molecule has 0 rings (SSSR count). The van der Waals surface area contributed by atoms with Crippen molar-refractivity contribution in [2.45, 2.75) is 136 Å². The zero-order valence-corrected chi connectivity index (χ0v) is 42.6. The summed E-state index contributed by atoms with van der Waals surface area (Å²) in [5.74, 6) is -2.33. The van der Waals surface area contributed by atoms with E-state index in [1.807, 2.05) is 26.4 Å². The second-order valence-corrected chi connectivity index (χ2v) is 16.7. The standard InChI is InChI=1S/C23H44N4O9.C14H26O3.C2H6S2.C2H6S.C2H6.H2O/c1-3-4-5-8-25-21(29)17-35-15-14-34-12-10-27-22(30)18-36-16-13-33-11-9-26-20(28)7-6-19(24-2)23(31)32;15-13-11-9-7-5-3-1-2-4-6-8-10-12-14(16)17;1-3-4-2;1-3-2;1-2;/h19,24H,3-18H2,1-2H3,(H,25,29)(H,26,28)(H,27,30)(H,31,32);13H,1-12H2,(H,16,17);1-2H3;1-2H3;1-2H3;1H2. The van der Waals surface area contributed by atoms with E-state index in [2.05, 4.69) is 40.7 Å². The minimum Gasteiger partial charge on any atom is -0.481 e. The smallest absolute Gasteiger partial charge is 0.320 e. The van der Waals surface area contributed by atoms with E-state index in [1.54, 1.807) is 33.3 Å². The third-order valence-corrected chi connectivity index (χ3v) is 9.22. The highest BCUT2D eigenvalue weighted by molar-refractivity contribution is 8.76. The fourth-order valence-electron chi connectivity index (χ4n) is 4.67. The molecule has 0 heterocycles. The highest BCUT2D eigenvalue weighted by atomic mass is 33.1. The summed E-state index contributed by atoms with van der Waals surface area (Å²) < 4.78 is 21.1. The molecule has 0 bridgehead atoms. The summed E-state index contributed by atoms with van der Waals surface area (Å²) in [4.78, 5) is 66.0. The van der Waals surface area contributed by atoms with Crippen molar-refractivity contribution in [1.82, 2.24) is 21.3 Å². The largest absolute Gasteiger partial charge is 0.481 e. The molecule has 0 aromatic rings. The topological polar surface area (TPSA) is 259 Å². The molecular formula is C43H90N4O13S3. The lowest BCUT2D eigenvalue weighted by atomic mass is 10.1. The van der Waals surface area contributed by atoms with E-state index in [-0.39, 0.29) is 69.1 Å². The van der Waals surface area contributed by atoms with Crippen molar-refractivity contribution in [3.05, 3.63) is 0 Å². The number of rotatable bonds is 39. The van der Waals surface area contributed by atoms with Crippen molar-refractivity contribution in [2.75, 3.05) is 105 Å². The quantitative estimate of drug-likeness (QED) is 0.0242. The van der Waals surface area contributed by atoms with Gasteiger partial charge in [-0.15, -0.1) is 0 Å². The number of carboxylic acids is 2. The van der Waals surface area contributed by atoms with Crippen LogP contribution in [-0.2, 0) is 47.7 Å². The molecular weight excluding hydrogens is 877 g/mol. The molecule has 1 unspecified atom stereocenters. The average molecular weight is 967 g/mol. The number of carbonyl (C=O) groups is 6. The van der Waals surface area contributed by atoms with Crippen molar-refractivity contribution in [3.8, 4) is 0 Å². The van der Waals surface area contributed by atoms with Crippen LogP contribution >= 0.6 is 33.3 Å². The second kappa shape index (κ2) is 66.4. The fraction of sp³-hybridized carbons (Fsp3) is 0.860. The number of carboxylic acid groups (broad SMARTS) is 2. The van der Waals surface area contributed by atoms with Gasteiger partial charge < -0.3 is 60.7 Å². The Balaban J connectivity index is -0.000000249. The Labute approximate surface area is 393 Å². The Morgan fingerprint density at radius 1 is 0.571 bits per heavy atom. The van der Waals surface area contributed by atoms with E-state index >= 15 is 0 Å². The van der Waals surface area contributed by atoms with Crippen LogP contribution in [0.4, 0.5) is 0 Å². The summed E-state index contributed by atoms with van der Waals surface area (Å²) in [6.45, 7) is 9.02. The lowest BCUT2D eigenvalue weighted by Gasteiger charge is -2.11. The van der Waals surface area contributed by atoms with Gasteiger partial charge in [0.25, 0.3) is 0 Å². The monoisotopic (exact) mass is 967 g/mol. The van der Waals surface area contributed by atoms with Crippen LogP contribution in [0.3, 0.4) is 0 Å². The molecule has 17 nitrogen and oxygen atoms in total. The molecule has 0 spiro atoms. The van der Waals surface area contributed by atoms with Gasteiger partial charge in [-0.3, -0.25) is 24.0 Å². The first-order valence-corrected chi connectivity index (χ1v) is 26.7. The first-order valence-electron chi connectivity index (χ1n) is 22.1. The van der Waals surface area contributed by atoms with Crippen LogP contribution in [0.2, 0.25) is 0 Å². The van der Waals surface area contributed by atoms with Crippen molar-refractivity contribution >= 4 is 69.3 Å². The van der Waals surface area contributed by atoms with Gasteiger partial charge in [0.2, 0.25) is 17.7 Å². The van der Waals surface area contributed by atoms with Gasteiger partial charge in [-0.05, 0) is 57.8 Å². The maximum Gasteiger partial charge on any atom is 0.320 e. The van der Waals surface area contributed by atoms with Crippen LogP contribution in [0.1, 0.15) is 130 Å². The molecule has 0 saturated heterocycles. The molecule has 0 aromatic carbocycles. The van der Waals surface area contributed by atoms with Gasteiger partial charge in [-0.2, -0.15) is 11.8 Å². The van der Waals surface area contributed by atoms with Crippen LogP contribution in [0.25, 0.3) is 0 Å². The Hall–Kier alpha value is -2.17. The summed E-state index contributed by atoms with van der Waals surface area (Å²) in [7, 11) is 5.08. The van der Waals surface area contributed by atoms with Gasteiger partial charge in [-0.25, -0.2) is 0 Å². The van der Waals surface area contributed by atoms with E-state index in [1.165, 1.54) is 52.0 Å². The third kappa shape index (κ3) is 74.5. The van der Waals surface area contributed by atoms with Gasteiger partial charge in [0.05, 0.1) is 39.6 Å². The number of likely N-dealkylation sites (N-methyl/N-ethyl adjacent to an activating group) is 1. The highest BCUT2D eigenvalue weighted by Crippen LogP contribution is 2.12. The van der Waals surface area contributed by atoms with Gasteiger partial charge in [-0.1, -0.05) is 107 Å². The van der Waals surface area contributed by atoms with Gasteiger partial charge in [0.15, 0.2) is 0 Å². The predicted octanol–water partition coefficient (Wildman–Crippen LogP) is 5.80. The van der Waals surface area contributed by atoms with E-state index in [4.69, 9.17) is 29.2 Å². The van der Waals surface area contributed by atoms with Crippen molar-refractivity contribution < 1.29 is 63.4 Å². The molecule has 0 saturated carbocycles. The maximum atomic E-state index is 11.7. The number of ether oxygens (including phenoxy) is 4.